The molecule has 0 atom stereocenters. The fourth-order valence-electron chi connectivity index (χ4n) is 5.89. The zero-order chi connectivity index (χ0) is 26.6. The van der Waals surface area contributed by atoms with Crippen molar-refractivity contribution >= 4 is 53.9 Å². The predicted octanol–water partition coefficient (Wildman–Crippen LogP) is 7.50. The van der Waals surface area contributed by atoms with Gasteiger partial charge >= 0.3 is 0 Å². The molecule has 0 unspecified atom stereocenters. The second-order valence-electron chi connectivity index (χ2n) is 8.98. The molecule has 6 aromatic rings. The Hall–Kier alpha value is -4.58. The summed E-state index contributed by atoms with van der Waals surface area (Å²) in [7, 11) is 9.86. The van der Waals surface area contributed by atoms with Crippen molar-refractivity contribution in [1.29, 1.82) is 0 Å². The van der Waals surface area contributed by atoms with Crippen LogP contribution in [0.25, 0.3) is 53.9 Å². The lowest BCUT2D eigenvalue weighted by molar-refractivity contribution is 0.327. The molecule has 0 heterocycles. The Morgan fingerprint density at radius 2 is 0.684 bits per heavy atom. The lowest BCUT2D eigenvalue weighted by Crippen LogP contribution is -1.99. The van der Waals surface area contributed by atoms with Crippen LogP contribution >= 0.6 is 0 Å². The topological polar surface area (TPSA) is 55.4 Å². The molecule has 0 saturated carbocycles. The van der Waals surface area contributed by atoms with Crippen molar-refractivity contribution in [2.75, 3.05) is 42.7 Å². The van der Waals surface area contributed by atoms with E-state index in [0.29, 0.717) is 34.5 Å². The van der Waals surface area contributed by atoms with Gasteiger partial charge in [0.15, 0.2) is 23.0 Å². The van der Waals surface area contributed by atoms with Crippen molar-refractivity contribution in [3.8, 4) is 34.5 Å². The van der Waals surface area contributed by atoms with Crippen molar-refractivity contribution in [2.24, 2.45) is 0 Å². The third-order valence-electron chi connectivity index (χ3n) is 7.38. The molecule has 0 saturated heterocycles. The van der Waals surface area contributed by atoms with Gasteiger partial charge in [-0.1, -0.05) is 48.5 Å². The van der Waals surface area contributed by atoms with Gasteiger partial charge in [0, 0.05) is 21.5 Å². The fourth-order valence-corrected chi connectivity index (χ4v) is 5.89. The van der Waals surface area contributed by atoms with Crippen LogP contribution in [0.4, 0.5) is 0 Å². The van der Waals surface area contributed by atoms with Crippen LogP contribution in [0, 0.1) is 0 Å². The van der Waals surface area contributed by atoms with Gasteiger partial charge in [0.25, 0.3) is 0 Å². The van der Waals surface area contributed by atoms with E-state index in [4.69, 9.17) is 28.4 Å². The molecule has 0 radical (unpaired) electrons. The van der Waals surface area contributed by atoms with E-state index in [0.717, 1.165) is 53.9 Å². The fraction of sp³-hybridized carbons (Fsp3) is 0.188. The number of hydrogen-bond donors (Lipinski definition) is 0. The molecule has 0 fully saturated rings. The first-order valence-corrected chi connectivity index (χ1v) is 12.2. The smallest absolute Gasteiger partial charge is 0.203 e. The Kier molecular flexibility index (Phi) is 5.68. The lowest BCUT2D eigenvalue weighted by atomic mass is 9.86. The Balaban J connectivity index is 2.09. The highest BCUT2D eigenvalue weighted by atomic mass is 16.5. The first-order chi connectivity index (χ1) is 18.6. The van der Waals surface area contributed by atoms with Crippen LogP contribution in [0.3, 0.4) is 0 Å². The van der Waals surface area contributed by atoms with Gasteiger partial charge < -0.3 is 28.4 Å². The van der Waals surface area contributed by atoms with E-state index in [1.165, 1.54) is 0 Å². The molecule has 0 aliphatic heterocycles. The molecule has 192 valence electrons. The zero-order valence-corrected chi connectivity index (χ0v) is 22.2. The number of rotatable bonds is 6. The third-order valence-corrected chi connectivity index (χ3v) is 7.38. The molecule has 6 heteroatoms. The summed E-state index contributed by atoms with van der Waals surface area (Å²) >= 11 is 0. The molecule has 0 amide bonds. The molecule has 0 aromatic heterocycles. The van der Waals surface area contributed by atoms with Crippen LogP contribution in [0.5, 0.6) is 34.5 Å². The molecule has 6 rings (SSSR count). The van der Waals surface area contributed by atoms with Gasteiger partial charge in [-0.15, -0.1) is 0 Å². The summed E-state index contributed by atoms with van der Waals surface area (Å²) in [6, 6.07) is 20.8. The van der Waals surface area contributed by atoms with Gasteiger partial charge in [0.1, 0.15) is 0 Å². The Morgan fingerprint density at radius 3 is 1.00 bits per heavy atom. The first kappa shape index (κ1) is 23.8. The van der Waals surface area contributed by atoms with E-state index in [2.05, 4.69) is 36.4 Å². The van der Waals surface area contributed by atoms with Gasteiger partial charge in [-0.25, -0.2) is 0 Å². The maximum atomic E-state index is 6.07. The molecule has 0 bridgehead atoms. The molecule has 0 N–H and O–H groups in total. The van der Waals surface area contributed by atoms with Crippen LogP contribution in [0.2, 0.25) is 0 Å². The lowest BCUT2D eigenvalue weighted by Gasteiger charge is -2.22. The van der Waals surface area contributed by atoms with Crippen molar-refractivity contribution in [1.82, 2.24) is 0 Å². The summed E-state index contributed by atoms with van der Waals surface area (Å²) < 4.78 is 35.3. The zero-order valence-electron chi connectivity index (χ0n) is 22.2. The highest BCUT2D eigenvalue weighted by molar-refractivity contribution is 6.41. The summed E-state index contributed by atoms with van der Waals surface area (Å²) in [5.41, 5.74) is 0. The van der Waals surface area contributed by atoms with Crippen LogP contribution < -0.4 is 28.4 Å². The molecule has 38 heavy (non-hydrogen) atoms. The molecule has 0 aliphatic rings. The number of fused-ring (bicyclic) bond motifs is 11. The largest absolute Gasteiger partial charge is 0.493 e. The van der Waals surface area contributed by atoms with Gasteiger partial charge in [0.05, 0.1) is 42.7 Å². The second kappa shape index (κ2) is 9.06. The highest BCUT2D eigenvalue weighted by Crippen LogP contribution is 2.55. The molecular formula is C32H28O6. The van der Waals surface area contributed by atoms with E-state index in [9.17, 15) is 0 Å². The summed E-state index contributed by atoms with van der Waals surface area (Å²) in [6.45, 7) is 0. The number of hydrogen-bond acceptors (Lipinski definition) is 6. The molecule has 0 spiro atoms. The summed E-state index contributed by atoms with van der Waals surface area (Å²) in [4.78, 5) is 0. The van der Waals surface area contributed by atoms with Crippen LogP contribution in [-0.2, 0) is 0 Å². The number of ether oxygens (including phenoxy) is 6. The molecular weight excluding hydrogens is 480 g/mol. The van der Waals surface area contributed by atoms with E-state index in [1.54, 1.807) is 42.7 Å². The minimum Gasteiger partial charge on any atom is -0.493 e. The van der Waals surface area contributed by atoms with Crippen LogP contribution in [0.1, 0.15) is 0 Å². The van der Waals surface area contributed by atoms with Gasteiger partial charge in [0.2, 0.25) is 11.5 Å². The summed E-state index contributed by atoms with van der Waals surface area (Å²) in [5, 5.41) is 10.2. The third kappa shape index (κ3) is 3.06. The van der Waals surface area contributed by atoms with Crippen molar-refractivity contribution in [3.05, 3.63) is 60.7 Å². The van der Waals surface area contributed by atoms with E-state index in [1.807, 2.05) is 24.3 Å². The Labute approximate surface area is 220 Å². The van der Waals surface area contributed by atoms with Crippen molar-refractivity contribution in [3.63, 3.8) is 0 Å². The van der Waals surface area contributed by atoms with E-state index >= 15 is 0 Å². The average Bonchev–Trinajstić information content (AvgIpc) is 2.98. The minimum atomic E-state index is 0.544. The van der Waals surface area contributed by atoms with Crippen molar-refractivity contribution < 1.29 is 28.4 Å². The highest BCUT2D eigenvalue weighted by Gasteiger charge is 2.26. The Morgan fingerprint density at radius 1 is 0.342 bits per heavy atom. The van der Waals surface area contributed by atoms with Gasteiger partial charge in [-0.2, -0.15) is 0 Å². The van der Waals surface area contributed by atoms with Crippen LogP contribution in [0.15, 0.2) is 60.7 Å². The normalized spacial score (nSPS) is 11.4. The van der Waals surface area contributed by atoms with E-state index < -0.39 is 0 Å². The van der Waals surface area contributed by atoms with Crippen LogP contribution in [-0.4, -0.2) is 42.7 Å². The number of benzene rings is 6. The maximum absolute atomic E-state index is 6.07. The Bertz CT molecular complexity index is 1750. The molecule has 6 nitrogen and oxygen atoms in total. The van der Waals surface area contributed by atoms with Gasteiger partial charge in [-0.05, 0) is 44.5 Å². The van der Waals surface area contributed by atoms with Gasteiger partial charge in [-0.3, -0.25) is 0 Å². The monoisotopic (exact) mass is 508 g/mol. The standard InChI is InChI=1S/C32H28O6/c1-33-23-15-21-17-11-7-9-13-19(17)26-25(27(21)31(37-5)29(23)35-3)20-14-10-8-12-18(20)22-16-24(34-2)30(36-4)32(38-6)28(22)26/h7-16H,1-6H3. The first-order valence-electron chi connectivity index (χ1n) is 12.2. The molecule has 6 aromatic carbocycles. The molecule has 0 aliphatic carbocycles. The quantitative estimate of drug-likeness (QED) is 0.217. The summed E-state index contributed by atoms with van der Waals surface area (Å²) in [6.07, 6.45) is 0. The summed E-state index contributed by atoms with van der Waals surface area (Å²) in [5.74, 6) is 3.53. The maximum Gasteiger partial charge on any atom is 0.203 e. The minimum absolute atomic E-state index is 0.544. The van der Waals surface area contributed by atoms with Crippen molar-refractivity contribution in [2.45, 2.75) is 0 Å². The second-order valence-corrected chi connectivity index (χ2v) is 8.98. The average molecular weight is 509 g/mol. The van der Waals surface area contributed by atoms with E-state index in [-0.39, 0.29) is 0 Å². The predicted molar refractivity (Wildman–Crippen MR) is 153 cm³/mol. The SMILES string of the molecule is COc1cc2c3ccccc3c3c4c(OC)c(OC)c(OC)cc4c4ccccc4c3c2c(OC)c1OC. The number of methoxy groups -OCH3 is 6.